The number of amides is 1. The van der Waals surface area contributed by atoms with Gasteiger partial charge in [-0.25, -0.2) is 0 Å². The summed E-state index contributed by atoms with van der Waals surface area (Å²) in [7, 11) is 1.59. The highest BCUT2D eigenvalue weighted by molar-refractivity contribution is 6.46. The van der Waals surface area contributed by atoms with E-state index in [9.17, 15) is 14.7 Å². The molecule has 1 N–H and O–H groups in total. The monoisotopic (exact) mass is 435 g/mol. The highest BCUT2D eigenvalue weighted by Gasteiger charge is 2.46. The maximum atomic E-state index is 13.1. The molecule has 31 heavy (non-hydrogen) atoms. The number of Topliss-reactive ketones (excluding diaryl/α,β-unsaturated/α-hetero) is 1. The van der Waals surface area contributed by atoms with Gasteiger partial charge in [0.05, 0.1) is 11.6 Å². The average molecular weight is 436 g/mol. The number of carbonyl (C=O) groups is 2. The normalized spacial score (nSPS) is 18.1. The van der Waals surface area contributed by atoms with E-state index in [1.54, 1.807) is 31.4 Å². The Balaban J connectivity index is 1.91. The molecule has 0 saturated carbocycles. The van der Waals surface area contributed by atoms with Crippen LogP contribution in [0, 0.1) is 0 Å². The van der Waals surface area contributed by atoms with E-state index in [1.165, 1.54) is 4.90 Å². The van der Waals surface area contributed by atoms with Crippen molar-refractivity contribution in [2.45, 2.75) is 12.5 Å². The number of carbonyl (C=O) groups excluding carboxylic acids is 2. The van der Waals surface area contributed by atoms with Gasteiger partial charge in [0, 0.05) is 30.8 Å². The molecule has 3 aromatic carbocycles. The first-order valence-electron chi connectivity index (χ1n) is 10.0. The number of halogens is 1. The molecule has 1 fully saturated rings. The van der Waals surface area contributed by atoms with Gasteiger partial charge in [-0.05, 0) is 47.0 Å². The molecule has 5 nitrogen and oxygen atoms in total. The number of nitrogens with zero attached hydrogens (tertiary/aromatic N) is 1. The van der Waals surface area contributed by atoms with E-state index in [1.807, 2.05) is 42.5 Å². The molecular weight excluding hydrogens is 414 g/mol. The van der Waals surface area contributed by atoms with Gasteiger partial charge in [0.15, 0.2) is 0 Å². The molecule has 0 bridgehead atoms. The van der Waals surface area contributed by atoms with E-state index in [0.29, 0.717) is 30.2 Å². The van der Waals surface area contributed by atoms with E-state index in [2.05, 4.69) is 0 Å². The summed E-state index contributed by atoms with van der Waals surface area (Å²) >= 11 is 5.97. The Labute approximate surface area is 185 Å². The van der Waals surface area contributed by atoms with Gasteiger partial charge in [0.25, 0.3) is 11.7 Å². The number of benzene rings is 3. The number of aliphatic hydroxyl groups excluding tert-OH is 1. The zero-order valence-electron chi connectivity index (χ0n) is 17.0. The minimum Gasteiger partial charge on any atom is -0.507 e. The van der Waals surface area contributed by atoms with Crippen molar-refractivity contribution >= 4 is 39.8 Å². The zero-order valence-corrected chi connectivity index (χ0v) is 17.8. The molecule has 4 rings (SSSR count). The molecule has 0 aromatic heterocycles. The highest BCUT2D eigenvalue weighted by Crippen LogP contribution is 2.41. The third-order valence-electron chi connectivity index (χ3n) is 5.52. The first-order chi connectivity index (χ1) is 15.0. The fourth-order valence-corrected chi connectivity index (χ4v) is 4.19. The Hall–Kier alpha value is -3.15. The van der Waals surface area contributed by atoms with Crippen molar-refractivity contribution in [1.82, 2.24) is 4.90 Å². The lowest BCUT2D eigenvalue weighted by molar-refractivity contribution is -0.140. The Kier molecular flexibility index (Phi) is 6.07. The largest absolute Gasteiger partial charge is 0.507 e. The van der Waals surface area contributed by atoms with E-state index < -0.39 is 17.7 Å². The van der Waals surface area contributed by atoms with Crippen LogP contribution in [0.1, 0.15) is 23.6 Å². The summed E-state index contributed by atoms with van der Waals surface area (Å²) < 4.78 is 5.13. The minimum absolute atomic E-state index is 0.0843. The van der Waals surface area contributed by atoms with E-state index >= 15 is 0 Å². The summed E-state index contributed by atoms with van der Waals surface area (Å²) in [5.74, 6) is -1.52. The number of hydrogen-bond donors (Lipinski definition) is 1. The summed E-state index contributed by atoms with van der Waals surface area (Å²) in [5.41, 5.74) is 1.32. The molecule has 0 radical (unpaired) electrons. The molecule has 0 spiro atoms. The second-order valence-electron chi connectivity index (χ2n) is 7.41. The molecule has 1 unspecified atom stereocenters. The number of fused-ring (bicyclic) bond motifs is 1. The number of likely N-dealkylation sites (tertiary alicyclic amines) is 1. The molecule has 1 heterocycles. The lowest BCUT2D eigenvalue weighted by atomic mass is 9.91. The van der Waals surface area contributed by atoms with Crippen LogP contribution in [-0.2, 0) is 14.3 Å². The quantitative estimate of drug-likeness (QED) is 0.257. The maximum Gasteiger partial charge on any atom is 0.295 e. The van der Waals surface area contributed by atoms with Crippen molar-refractivity contribution in [3.63, 3.8) is 0 Å². The maximum absolute atomic E-state index is 13.1. The van der Waals surface area contributed by atoms with E-state index in [4.69, 9.17) is 16.3 Å². The SMILES string of the molecule is COCCCN1C(=O)C(=O)/C(=C(/O)c2ccc(Cl)cc2)C1c1cccc2ccccc12. The van der Waals surface area contributed by atoms with Crippen molar-refractivity contribution in [2.75, 3.05) is 20.3 Å². The second kappa shape index (κ2) is 8.92. The van der Waals surface area contributed by atoms with Crippen molar-refractivity contribution < 1.29 is 19.4 Å². The number of ketones is 1. The van der Waals surface area contributed by atoms with Gasteiger partial charge >= 0.3 is 0 Å². The van der Waals surface area contributed by atoms with Crippen LogP contribution in [0.2, 0.25) is 5.02 Å². The summed E-state index contributed by atoms with van der Waals surface area (Å²) in [6.45, 7) is 0.798. The third kappa shape index (κ3) is 3.94. The molecule has 1 saturated heterocycles. The summed E-state index contributed by atoms with van der Waals surface area (Å²) in [4.78, 5) is 27.6. The molecule has 1 aliphatic rings. The van der Waals surface area contributed by atoms with Gasteiger partial charge in [0.2, 0.25) is 0 Å². The number of hydrogen-bond acceptors (Lipinski definition) is 4. The lowest BCUT2D eigenvalue weighted by Crippen LogP contribution is -2.31. The highest BCUT2D eigenvalue weighted by atomic mass is 35.5. The molecule has 158 valence electrons. The first kappa shape index (κ1) is 21.1. The predicted octanol–water partition coefficient (Wildman–Crippen LogP) is 4.95. The summed E-state index contributed by atoms with van der Waals surface area (Å²) in [6.07, 6.45) is 0.575. The number of aliphatic hydroxyl groups is 1. The smallest absolute Gasteiger partial charge is 0.295 e. The van der Waals surface area contributed by atoms with Crippen LogP contribution in [-0.4, -0.2) is 42.0 Å². The van der Waals surface area contributed by atoms with E-state index in [-0.39, 0.29) is 11.3 Å². The van der Waals surface area contributed by atoms with Gasteiger partial charge in [-0.3, -0.25) is 9.59 Å². The summed E-state index contributed by atoms with van der Waals surface area (Å²) in [5, 5.41) is 13.5. The van der Waals surface area contributed by atoms with Gasteiger partial charge in [-0.15, -0.1) is 0 Å². The van der Waals surface area contributed by atoms with Gasteiger partial charge in [-0.2, -0.15) is 0 Å². The molecular formula is C25H22ClNO4. The third-order valence-corrected chi connectivity index (χ3v) is 5.78. The van der Waals surface area contributed by atoms with Crippen molar-refractivity contribution in [3.8, 4) is 0 Å². The molecule has 3 aromatic rings. The Morgan fingerprint density at radius 1 is 1.03 bits per heavy atom. The Morgan fingerprint density at radius 2 is 1.74 bits per heavy atom. The fourth-order valence-electron chi connectivity index (χ4n) is 4.07. The van der Waals surface area contributed by atoms with Crippen LogP contribution in [0.3, 0.4) is 0 Å². The van der Waals surface area contributed by atoms with Crippen molar-refractivity contribution in [2.24, 2.45) is 0 Å². The number of methoxy groups -OCH3 is 1. The van der Waals surface area contributed by atoms with Crippen molar-refractivity contribution in [1.29, 1.82) is 0 Å². The Bertz CT molecular complexity index is 1160. The molecule has 1 aliphatic heterocycles. The van der Waals surface area contributed by atoms with Crippen LogP contribution in [0.15, 0.2) is 72.3 Å². The van der Waals surface area contributed by atoms with Gasteiger partial charge in [0.1, 0.15) is 5.76 Å². The predicted molar refractivity (Wildman–Crippen MR) is 121 cm³/mol. The van der Waals surface area contributed by atoms with Crippen LogP contribution in [0.5, 0.6) is 0 Å². The van der Waals surface area contributed by atoms with Gasteiger partial charge in [-0.1, -0.05) is 54.1 Å². The lowest BCUT2D eigenvalue weighted by Gasteiger charge is -2.26. The van der Waals surface area contributed by atoms with Crippen molar-refractivity contribution in [3.05, 3.63) is 88.5 Å². The average Bonchev–Trinajstić information content (AvgIpc) is 3.04. The zero-order chi connectivity index (χ0) is 22.0. The molecule has 0 aliphatic carbocycles. The molecule has 1 amide bonds. The van der Waals surface area contributed by atoms with Gasteiger partial charge < -0.3 is 14.7 Å². The summed E-state index contributed by atoms with van der Waals surface area (Å²) in [6, 6.07) is 19.4. The standard InChI is InChI=1S/C25H22ClNO4/c1-31-15-5-14-27-22(20-9-4-7-16-6-2-3-8-19(16)20)21(24(29)25(27)30)23(28)17-10-12-18(26)13-11-17/h2-4,6-13,22,28H,5,14-15H2,1H3/b23-21+. The molecule has 6 heteroatoms. The van der Waals surface area contributed by atoms with Crippen LogP contribution in [0.4, 0.5) is 0 Å². The molecule has 1 atom stereocenters. The number of rotatable bonds is 6. The second-order valence-corrected chi connectivity index (χ2v) is 7.85. The topological polar surface area (TPSA) is 66.8 Å². The number of ether oxygens (including phenoxy) is 1. The Morgan fingerprint density at radius 3 is 2.48 bits per heavy atom. The van der Waals surface area contributed by atoms with E-state index in [0.717, 1.165) is 16.3 Å². The van der Waals surface area contributed by atoms with Crippen LogP contribution < -0.4 is 0 Å². The minimum atomic E-state index is -0.696. The van der Waals surface area contributed by atoms with Crippen LogP contribution >= 0.6 is 11.6 Å². The fraction of sp³-hybridized carbons (Fsp3) is 0.200. The first-order valence-corrected chi connectivity index (χ1v) is 10.4. The van der Waals surface area contributed by atoms with Crippen LogP contribution in [0.25, 0.3) is 16.5 Å².